The lowest BCUT2D eigenvalue weighted by Gasteiger charge is -1.96. The number of nitrogens with zero attached hydrogens (tertiary/aromatic N) is 1. The van der Waals surface area contributed by atoms with E-state index in [2.05, 4.69) is 5.16 Å². The quantitative estimate of drug-likeness (QED) is 0.371. The molecule has 0 amide bonds. The molecule has 0 radical (unpaired) electrons. The number of sulfone groups is 1. The molecule has 0 unspecified atom stereocenters. The summed E-state index contributed by atoms with van der Waals surface area (Å²) in [7, 11) is -3.02. The minimum Gasteiger partial charge on any atom is -0.411 e. The van der Waals surface area contributed by atoms with Crippen molar-refractivity contribution in [3.05, 3.63) is 0 Å². The van der Waals surface area contributed by atoms with E-state index in [1.54, 1.807) is 6.92 Å². The number of oxime groups is 1. The van der Waals surface area contributed by atoms with Crippen molar-refractivity contribution < 1.29 is 13.6 Å². The molecule has 0 aliphatic rings. The van der Waals surface area contributed by atoms with Gasteiger partial charge in [0.05, 0.1) is 11.5 Å². The molecule has 0 fully saturated rings. The zero-order valence-electron chi connectivity index (χ0n) is 6.03. The van der Waals surface area contributed by atoms with Crippen LogP contribution in [-0.2, 0) is 9.84 Å². The van der Waals surface area contributed by atoms with Gasteiger partial charge in [0.1, 0.15) is 0 Å². The Hall–Kier alpha value is -0.580. The van der Waals surface area contributed by atoms with Gasteiger partial charge in [-0.05, 0) is 6.92 Å². The van der Waals surface area contributed by atoms with E-state index in [9.17, 15) is 8.42 Å². The maximum absolute atomic E-state index is 10.8. The van der Waals surface area contributed by atoms with E-state index in [0.717, 1.165) is 0 Å². The summed E-state index contributed by atoms with van der Waals surface area (Å²) in [5.41, 5.74) is 0.224. The van der Waals surface area contributed by atoms with Crippen LogP contribution in [0.2, 0.25) is 0 Å². The van der Waals surface area contributed by atoms with Gasteiger partial charge in [0, 0.05) is 5.75 Å². The fourth-order valence-electron chi connectivity index (χ4n) is 0.449. The molecular weight excluding hydrogens is 154 g/mol. The average molecular weight is 165 g/mol. The van der Waals surface area contributed by atoms with Crippen molar-refractivity contribution >= 4 is 15.5 Å². The van der Waals surface area contributed by atoms with Crippen molar-refractivity contribution in [2.45, 2.75) is 13.8 Å². The molecule has 0 aromatic carbocycles. The standard InChI is InChI=1S/C5H11NO3S/c1-3-10(8,9)4-5(2)6-7/h7H,3-4H2,1-2H3. The van der Waals surface area contributed by atoms with Crippen LogP contribution in [0.4, 0.5) is 0 Å². The second kappa shape index (κ2) is 3.55. The SMILES string of the molecule is CCS(=O)(=O)CC(C)=NO. The third-order valence-electron chi connectivity index (χ3n) is 1.04. The summed E-state index contributed by atoms with van der Waals surface area (Å²) in [5, 5.41) is 10.9. The van der Waals surface area contributed by atoms with E-state index >= 15 is 0 Å². The zero-order valence-corrected chi connectivity index (χ0v) is 6.85. The van der Waals surface area contributed by atoms with Gasteiger partial charge >= 0.3 is 0 Å². The molecule has 4 nitrogen and oxygen atoms in total. The largest absolute Gasteiger partial charge is 0.411 e. The highest BCUT2D eigenvalue weighted by atomic mass is 32.2. The van der Waals surface area contributed by atoms with Crippen molar-refractivity contribution in [1.29, 1.82) is 0 Å². The van der Waals surface area contributed by atoms with Crippen molar-refractivity contribution in [3.8, 4) is 0 Å². The molecular formula is C5H11NO3S. The van der Waals surface area contributed by atoms with Crippen LogP contribution in [0.3, 0.4) is 0 Å². The second-order valence-electron chi connectivity index (χ2n) is 2.01. The van der Waals surface area contributed by atoms with Crippen LogP contribution < -0.4 is 0 Å². The van der Waals surface area contributed by atoms with Crippen LogP contribution in [0, 0.1) is 0 Å². The first kappa shape index (κ1) is 9.42. The highest BCUT2D eigenvalue weighted by Crippen LogP contribution is 1.90. The topological polar surface area (TPSA) is 66.7 Å². The summed E-state index contributed by atoms with van der Waals surface area (Å²) in [6.45, 7) is 3.02. The number of rotatable bonds is 3. The third-order valence-corrected chi connectivity index (χ3v) is 2.78. The lowest BCUT2D eigenvalue weighted by atomic mass is 10.5. The molecule has 0 bridgehead atoms. The van der Waals surface area contributed by atoms with E-state index in [-0.39, 0.29) is 17.2 Å². The number of hydrogen-bond acceptors (Lipinski definition) is 4. The second-order valence-corrected chi connectivity index (χ2v) is 4.37. The smallest absolute Gasteiger partial charge is 0.155 e. The molecule has 0 aromatic rings. The van der Waals surface area contributed by atoms with E-state index in [1.165, 1.54) is 6.92 Å². The lowest BCUT2D eigenvalue weighted by molar-refractivity contribution is 0.318. The van der Waals surface area contributed by atoms with Gasteiger partial charge in [-0.3, -0.25) is 0 Å². The molecule has 1 N–H and O–H groups in total. The molecule has 0 spiro atoms. The predicted molar refractivity (Wildman–Crippen MR) is 39.2 cm³/mol. The van der Waals surface area contributed by atoms with E-state index in [1.807, 2.05) is 0 Å². The van der Waals surface area contributed by atoms with Crippen LogP contribution in [0.5, 0.6) is 0 Å². The summed E-state index contributed by atoms with van der Waals surface area (Å²) in [6, 6.07) is 0. The van der Waals surface area contributed by atoms with Gasteiger partial charge in [-0.1, -0.05) is 12.1 Å². The van der Waals surface area contributed by atoms with Crippen LogP contribution in [0.1, 0.15) is 13.8 Å². The van der Waals surface area contributed by atoms with E-state index in [0.29, 0.717) is 0 Å². The third kappa shape index (κ3) is 3.45. The maximum atomic E-state index is 10.8. The Morgan fingerprint density at radius 2 is 2.10 bits per heavy atom. The lowest BCUT2D eigenvalue weighted by Crippen LogP contribution is -2.15. The summed E-state index contributed by atoms with van der Waals surface area (Å²) in [6.07, 6.45) is 0. The first-order chi connectivity index (χ1) is 4.52. The van der Waals surface area contributed by atoms with Crippen molar-refractivity contribution in [2.24, 2.45) is 5.16 Å². The fourth-order valence-corrected chi connectivity index (χ4v) is 1.35. The molecule has 0 aromatic heterocycles. The van der Waals surface area contributed by atoms with E-state index < -0.39 is 9.84 Å². The summed E-state index contributed by atoms with van der Waals surface area (Å²) in [5.74, 6) is -0.0696. The Kier molecular flexibility index (Phi) is 3.35. The molecule has 0 atom stereocenters. The molecule has 0 aliphatic carbocycles. The Morgan fingerprint density at radius 1 is 1.60 bits per heavy atom. The van der Waals surface area contributed by atoms with Gasteiger partial charge in [0.2, 0.25) is 0 Å². The monoisotopic (exact) mass is 165 g/mol. The summed E-state index contributed by atoms with van der Waals surface area (Å²) in [4.78, 5) is 0. The fraction of sp³-hybridized carbons (Fsp3) is 0.800. The van der Waals surface area contributed by atoms with Gasteiger partial charge < -0.3 is 5.21 Å². The highest BCUT2D eigenvalue weighted by Gasteiger charge is 2.08. The summed E-state index contributed by atoms with van der Waals surface area (Å²) < 4.78 is 21.6. The Labute approximate surface area is 60.5 Å². The van der Waals surface area contributed by atoms with E-state index in [4.69, 9.17) is 5.21 Å². The molecule has 10 heavy (non-hydrogen) atoms. The Morgan fingerprint density at radius 3 is 2.40 bits per heavy atom. The molecule has 0 saturated carbocycles. The van der Waals surface area contributed by atoms with Crippen LogP contribution in [0.25, 0.3) is 0 Å². The molecule has 0 saturated heterocycles. The van der Waals surface area contributed by atoms with Gasteiger partial charge in [0.15, 0.2) is 9.84 Å². The van der Waals surface area contributed by atoms with Crippen LogP contribution >= 0.6 is 0 Å². The Bertz CT molecular complexity index is 217. The molecule has 0 aliphatic heterocycles. The number of hydrogen-bond donors (Lipinski definition) is 1. The first-order valence-electron chi connectivity index (χ1n) is 2.89. The average Bonchev–Trinajstić information content (AvgIpc) is 1.87. The van der Waals surface area contributed by atoms with Gasteiger partial charge in [-0.25, -0.2) is 8.42 Å². The van der Waals surface area contributed by atoms with Crippen molar-refractivity contribution in [1.82, 2.24) is 0 Å². The molecule has 0 rings (SSSR count). The molecule has 60 valence electrons. The van der Waals surface area contributed by atoms with Gasteiger partial charge in [-0.2, -0.15) is 0 Å². The van der Waals surface area contributed by atoms with Gasteiger partial charge in [-0.15, -0.1) is 0 Å². The minimum atomic E-state index is -3.02. The zero-order chi connectivity index (χ0) is 8.20. The van der Waals surface area contributed by atoms with Crippen molar-refractivity contribution in [2.75, 3.05) is 11.5 Å². The first-order valence-corrected chi connectivity index (χ1v) is 4.72. The van der Waals surface area contributed by atoms with Crippen LogP contribution in [0.15, 0.2) is 5.16 Å². The molecule has 0 heterocycles. The minimum absolute atomic E-state index is 0.0832. The maximum Gasteiger partial charge on any atom is 0.155 e. The molecule has 5 heteroatoms. The predicted octanol–water partition coefficient (Wildman–Crippen LogP) is 0.271. The van der Waals surface area contributed by atoms with Crippen LogP contribution in [-0.4, -0.2) is 30.8 Å². The van der Waals surface area contributed by atoms with Crippen molar-refractivity contribution in [3.63, 3.8) is 0 Å². The normalized spacial score (nSPS) is 13.6. The Balaban J connectivity index is 4.17. The van der Waals surface area contributed by atoms with Gasteiger partial charge in [0.25, 0.3) is 0 Å². The highest BCUT2D eigenvalue weighted by molar-refractivity contribution is 7.92. The summed E-state index contributed by atoms with van der Waals surface area (Å²) >= 11 is 0.